The van der Waals surface area contributed by atoms with Gasteiger partial charge >= 0.3 is 0 Å². The second-order valence-electron chi connectivity index (χ2n) is 7.08. The molecule has 31 heavy (non-hydrogen) atoms. The SMILES string of the molecule is COc1cccc(OC)c1OCc1nc2ccc(C#N)cc2n1[C@@H](C)c1ccccc1. The maximum atomic E-state index is 9.39. The molecule has 0 aliphatic heterocycles. The van der Waals surface area contributed by atoms with Crippen molar-refractivity contribution in [1.29, 1.82) is 5.26 Å². The second kappa shape index (κ2) is 8.80. The molecule has 0 radical (unpaired) electrons. The van der Waals surface area contributed by atoms with Gasteiger partial charge in [-0.1, -0.05) is 36.4 Å². The Labute approximate surface area is 181 Å². The first kappa shape index (κ1) is 20.3. The summed E-state index contributed by atoms with van der Waals surface area (Å²) in [5.74, 6) is 2.44. The molecular formula is C25H23N3O3. The largest absolute Gasteiger partial charge is 0.493 e. The van der Waals surface area contributed by atoms with E-state index in [0.717, 1.165) is 22.4 Å². The fraction of sp³-hybridized carbons (Fsp3) is 0.200. The average Bonchev–Trinajstić information content (AvgIpc) is 3.19. The Kier molecular flexibility index (Phi) is 5.76. The zero-order chi connectivity index (χ0) is 21.8. The maximum Gasteiger partial charge on any atom is 0.203 e. The summed E-state index contributed by atoms with van der Waals surface area (Å²) >= 11 is 0. The second-order valence-corrected chi connectivity index (χ2v) is 7.08. The van der Waals surface area contributed by atoms with E-state index in [4.69, 9.17) is 19.2 Å². The van der Waals surface area contributed by atoms with Gasteiger partial charge in [0.15, 0.2) is 11.5 Å². The number of imidazole rings is 1. The van der Waals surface area contributed by atoms with E-state index >= 15 is 0 Å². The average molecular weight is 413 g/mol. The van der Waals surface area contributed by atoms with Gasteiger partial charge in [-0.3, -0.25) is 0 Å². The molecule has 0 amide bonds. The number of hydrogen-bond acceptors (Lipinski definition) is 5. The molecule has 0 saturated heterocycles. The zero-order valence-electron chi connectivity index (χ0n) is 17.7. The molecule has 3 aromatic carbocycles. The van der Waals surface area contributed by atoms with Crippen molar-refractivity contribution in [2.24, 2.45) is 0 Å². The van der Waals surface area contributed by atoms with Crippen LogP contribution in [0.15, 0.2) is 66.7 Å². The number of ether oxygens (including phenoxy) is 3. The van der Waals surface area contributed by atoms with Crippen LogP contribution in [0, 0.1) is 11.3 Å². The normalized spacial score (nSPS) is 11.7. The first-order valence-electron chi connectivity index (χ1n) is 9.96. The van der Waals surface area contributed by atoms with Crippen molar-refractivity contribution in [3.05, 3.63) is 83.7 Å². The monoisotopic (exact) mass is 413 g/mol. The molecule has 1 atom stereocenters. The van der Waals surface area contributed by atoms with Crippen LogP contribution in [0.3, 0.4) is 0 Å². The summed E-state index contributed by atoms with van der Waals surface area (Å²) in [6.45, 7) is 2.33. The zero-order valence-corrected chi connectivity index (χ0v) is 17.7. The minimum absolute atomic E-state index is 0.00157. The van der Waals surface area contributed by atoms with Crippen LogP contribution in [0.2, 0.25) is 0 Å². The van der Waals surface area contributed by atoms with Crippen molar-refractivity contribution in [2.75, 3.05) is 14.2 Å². The Morgan fingerprint density at radius 1 is 0.968 bits per heavy atom. The van der Waals surface area contributed by atoms with Gasteiger partial charge in [-0.25, -0.2) is 4.98 Å². The Morgan fingerprint density at radius 3 is 2.32 bits per heavy atom. The Bertz CT molecular complexity index is 1220. The van der Waals surface area contributed by atoms with E-state index in [0.29, 0.717) is 22.8 Å². The summed E-state index contributed by atoms with van der Waals surface area (Å²) in [5, 5.41) is 9.39. The van der Waals surface area contributed by atoms with E-state index in [1.54, 1.807) is 20.3 Å². The summed E-state index contributed by atoms with van der Waals surface area (Å²) in [4.78, 5) is 4.81. The highest BCUT2D eigenvalue weighted by Crippen LogP contribution is 2.37. The number of nitrogens with zero attached hydrogens (tertiary/aromatic N) is 3. The van der Waals surface area contributed by atoms with Gasteiger partial charge in [0.1, 0.15) is 12.4 Å². The lowest BCUT2D eigenvalue weighted by Crippen LogP contribution is -2.13. The quantitative estimate of drug-likeness (QED) is 0.421. The van der Waals surface area contributed by atoms with Gasteiger partial charge < -0.3 is 18.8 Å². The third kappa shape index (κ3) is 3.90. The molecule has 0 unspecified atom stereocenters. The Hall–Kier alpha value is -3.98. The predicted molar refractivity (Wildman–Crippen MR) is 119 cm³/mol. The molecule has 4 rings (SSSR count). The van der Waals surface area contributed by atoms with E-state index in [1.165, 1.54) is 0 Å². The summed E-state index contributed by atoms with van der Waals surface area (Å²) in [6.07, 6.45) is 0. The predicted octanol–water partition coefficient (Wildman–Crippen LogP) is 5.11. The van der Waals surface area contributed by atoms with Crippen LogP contribution < -0.4 is 14.2 Å². The van der Waals surface area contributed by atoms with Crippen molar-refractivity contribution in [3.63, 3.8) is 0 Å². The molecule has 6 nitrogen and oxygen atoms in total. The summed E-state index contributed by atoms with van der Waals surface area (Å²) in [5.41, 5.74) is 3.43. The molecule has 1 aromatic heterocycles. The third-order valence-corrected chi connectivity index (χ3v) is 5.29. The Balaban J connectivity index is 1.79. The van der Waals surface area contributed by atoms with Crippen LogP contribution in [-0.2, 0) is 6.61 Å². The van der Waals surface area contributed by atoms with E-state index in [-0.39, 0.29) is 12.6 Å². The van der Waals surface area contributed by atoms with Gasteiger partial charge in [0.2, 0.25) is 5.75 Å². The number of hydrogen-bond donors (Lipinski definition) is 0. The van der Waals surface area contributed by atoms with Crippen molar-refractivity contribution in [3.8, 4) is 23.3 Å². The number of para-hydroxylation sites is 1. The molecular weight excluding hydrogens is 390 g/mol. The summed E-state index contributed by atoms with van der Waals surface area (Å²) in [6, 6.07) is 23.4. The third-order valence-electron chi connectivity index (χ3n) is 5.29. The van der Waals surface area contributed by atoms with Gasteiger partial charge in [-0.2, -0.15) is 5.26 Å². The number of benzene rings is 3. The molecule has 0 bridgehead atoms. The van der Waals surface area contributed by atoms with E-state index < -0.39 is 0 Å². The number of nitriles is 1. The first-order valence-corrected chi connectivity index (χ1v) is 9.96. The van der Waals surface area contributed by atoms with Crippen molar-refractivity contribution < 1.29 is 14.2 Å². The Morgan fingerprint density at radius 2 is 1.68 bits per heavy atom. The van der Waals surface area contributed by atoms with Crippen molar-refractivity contribution in [1.82, 2.24) is 9.55 Å². The molecule has 0 fully saturated rings. The molecule has 0 aliphatic carbocycles. The van der Waals surface area contributed by atoms with Gasteiger partial charge in [-0.15, -0.1) is 0 Å². The van der Waals surface area contributed by atoms with Crippen LogP contribution >= 0.6 is 0 Å². The number of methoxy groups -OCH3 is 2. The minimum atomic E-state index is -0.00157. The molecule has 1 heterocycles. The number of fused-ring (bicyclic) bond motifs is 1. The van der Waals surface area contributed by atoms with Crippen LogP contribution in [0.1, 0.15) is 29.9 Å². The lowest BCUT2D eigenvalue weighted by atomic mass is 10.1. The van der Waals surface area contributed by atoms with Gasteiger partial charge in [-0.05, 0) is 42.8 Å². The van der Waals surface area contributed by atoms with E-state index in [9.17, 15) is 5.26 Å². The minimum Gasteiger partial charge on any atom is -0.493 e. The van der Waals surface area contributed by atoms with Crippen LogP contribution in [-0.4, -0.2) is 23.8 Å². The fourth-order valence-electron chi connectivity index (χ4n) is 3.72. The first-order chi connectivity index (χ1) is 15.2. The number of rotatable bonds is 7. The fourth-order valence-corrected chi connectivity index (χ4v) is 3.72. The topological polar surface area (TPSA) is 69.3 Å². The molecule has 0 aliphatic rings. The molecule has 0 N–H and O–H groups in total. The standard InChI is InChI=1S/C25H23N3O3/c1-17(19-8-5-4-6-9-19)28-21-14-18(15-26)12-13-20(21)27-24(28)16-31-25-22(29-2)10-7-11-23(25)30-3/h4-14,17H,16H2,1-3H3/t17-/m0/s1. The molecule has 0 saturated carbocycles. The van der Waals surface area contributed by atoms with Crippen molar-refractivity contribution in [2.45, 2.75) is 19.6 Å². The lowest BCUT2D eigenvalue weighted by molar-refractivity contribution is 0.254. The molecule has 4 aromatic rings. The van der Waals surface area contributed by atoms with Crippen molar-refractivity contribution >= 4 is 11.0 Å². The van der Waals surface area contributed by atoms with Crippen LogP contribution in [0.4, 0.5) is 0 Å². The van der Waals surface area contributed by atoms with Gasteiger partial charge in [0, 0.05) is 0 Å². The molecule has 6 heteroatoms. The summed E-state index contributed by atoms with van der Waals surface area (Å²) < 4.78 is 19.2. The van der Waals surface area contributed by atoms with Crippen LogP contribution in [0.25, 0.3) is 11.0 Å². The molecule has 0 spiro atoms. The molecule has 156 valence electrons. The summed E-state index contributed by atoms with van der Waals surface area (Å²) in [7, 11) is 3.19. The van der Waals surface area contributed by atoms with Crippen LogP contribution in [0.5, 0.6) is 17.2 Å². The highest BCUT2D eigenvalue weighted by atomic mass is 16.5. The lowest BCUT2D eigenvalue weighted by Gasteiger charge is -2.19. The van der Waals surface area contributed by atoms with Gasteiger partial charge in [0.25, 0.3) is 0 Å². The highest BCUT2D eigenvalue weighted by Gasteiger charge is 2.20. The highest BCUT2D eigenvalue weighted by molar-refractivity contribution is 5.78. The number of aromatic nitrogens is 2. The van der Waals surface area contributed by atoms with Gasteiger partial charge in [0.05, 0.1) is 42.9 Å². The van der Waals surface area contributed by atoms with E-state index in [2.05, 4.69) is 29.7 Å². The maximum absolute atomic E-state index is 9.39. The smallest absolute Gasteiger partial charge is 0.203 e. The van der Waals surface area contributed by atoms with E-state index in [1.807, 2.05) is 48.5 Å².